The van der Waals surface area contributed by atoms with E-state index in [0.29, 0.717) is 17.4 Å². The fourth-order valence-electron chi connectivity index (χ4n) is 1.82. The van der Waals surface area contributed by atoms with E-state index in [2.05, 4.69) is 4.98 Å². The van der Waals surface area contributed by atoms with Crippen molar-refractivity contribution in [2.45, 2.75) is 13.5 Å². The van der Waals surface area contributed by atoms with Crippen LogP contribution in [0.25, 0.3) is 11.4 Å². The van der Waals surface area contributed by atoms with Crippen LogP contribution in [0, 0.1) is 6.92 Å². The number of hydrogen-bond donors (Lipinski definition) is 1. The van der Waals surface area contributed by atoms with E-state index in [1.165, 1.54) is 0 Å². The van der Waals surface area contributed by atoms with Crippen LogP contribution in [0.5, 0.6) is 0 Å². The standard InChI is InChI=1S/C13H16ClN3O.2ClH/c1-9-12(8-16(2)3)17(18)13(15-9)10-4-6-11(14)7-5-10;;/h4-7,18H,8H2,1-3H3;2*1H. The van der Waals surface area contributed by atoms with Crippen molar-refractivity contribution in [3.8, 4) is 11.4 Å². The SMILES string of the molecule is Cc1nc(-c2ccc(Cl)cc2)n(O)c1CN(C)C.Cl.Cl. The third kappa shape index (κ3) is 4.03. The number of aromatic nitrogens is 2. The molecule has 0 aliphatic carbocycles. The van der Waals surface area contributed by atoms with Crippen LogP contribution in [-0.2, 0) is 6.54 Å². The van der Waals surface area contributed by atoms with Crippen LogP contribution in [0.2, 0.25) is 5.02 Å². The van der Waals surface area contributed by atoms with Crippen molar-refractivity contribution in [1.29, 1.82) is 0 Å². The van der Waals surface area contributed by atoms with Crippen LogP contribution in [0.1, 0.15) is 11.4 Å². The van der Waals surface area contributed by atoms with E-state index in [0.717, 1.165) is 21.7 Å². The molecule has 0 spiro atoms. The first-order chi connectivity index (χ1) is 8.49. The Morgan fingerprint density at radius 3 is 2.25 bits per heavy atom. The topological polar surface area (TPSA) is 41.3 Å². The number of rotatable bonds is 3. The van der Waals surface area contributed by atoms with E-state index in [1.54, 1.807) is 12.1 Å². The van der Waals surface area contributed by atoms with E-state index in [-0.39, 0.29) is 24.8 Å². The van der Waals surface area contributed by atoms with E-state index in [4.69, 9.17) is 11.6 Å². The minimum atomic E-state index is 0. The van der Waals surface area contributed by atoms with Crippen molar-refractivity contribution in [2.75, 3.05) is 14.1 Å². The maximum atomic E-state index is 10.2. The number of halogens is 3. The predicted molar refractivity (Wildman–Crippen MR) is 86.5 cm³/mol. The van der Waals surface area contributed by atoms with Gasteiger partial charge in [-0.3, -0.25) is 0 Å². The zero-order chi connectivity index (χ0) is 13.3. The van der Waals surface area contributed by atoms with Gasteiger partial charge >= 0.3 is 0 Å². The molecule has 1 aromatic heterocycles. The molecule has 2 rings (SSSR count). The van der Waals surface area contributed by atoms with E-state index in [9.17, 15) is 5.21 Å². The van der Waals surface area contributed by atoms with Gasteiger partial charge in [0.2, 0.25) is 0 Å². The Labute approximate surface area is 136 Å². The molecule has 7 heteroatoms. The van der Waals surface area contributed by atoms with Crippen molar-refractivity contribution >= 4 is 36.4 Å². The summed E-state index contributed by atoms with van der Waals surface area (Å²) in [7, 11) is 3.91. The minimum Gasteiger partial charge on any atom is -0.427 e. The Balaban J connectivity index is 0.00000180. The highest BCUT2D eigenvalue weighted by Gasteiger charge is 2.15. The summed E-state index contributed by atoms with van der Waals surface area (Å²) in [5, 5.41) is 10.8. The van der Waals surface area contributed by atoms with Gasteiger partial charge in [0.1, 0.15) is 0 Å². The van der Waals surface area contributed by atoms with Crippen LogP contribution >= 0.6 is 36.4 Å². The monoisotopic (exact) mass is 337 g/mol. The van der Waals surface area contributed by atoms with Crippen LogP contribution in [0.3, 0.4) is 0 Å². The highest BCUT2D eigenvalue weighted by molar-refractivity contribution is 6.30. The Kier molecular flexibility index (Phi) is 7.38. The quantitative estimate of drug-likeness (QED) is 0.868. The zero-order valence-electron chi connectivity index (χ0n) is 11.5. The molecule has 0 unspecified atom stereocenters. The summed E-state index contributed by atoms with van der Waals surface area (Å²) in [5.74, 6) is 0.543. The molecule has 112 valence electrons. The smallest absolute Gasteiger partial charge is 0.175 e. The molecule has 0 radical (unpaired) electrons. The second kappa shape index (κ2) is 7.74. The fraction of sp³-hybridized carbons (Fsp3) is 0.308. The molecule has 1 heterocycles. The summed E-state index contributed by atoms with van der Waals surface area (Å²) in [6, 6.07) is 7.26. The molecular weight excluding hydrogens is 321 g/mol. The largest absolute Gasteiger partial charge is 0.427 e. The summed E-state index contributed by atoms with van der Waals surface area (Å²) >= 11 is 5.85. The number of hydrogen-bond acceptors (Lipinski definition) is 3. The number of imidazole rings is 1. The summed E-state index contributed by atoms with van der Waals surface area (Å²) < 4.78 is 1.15. The van der Waals surface area contributed by atoms with Crippen molar-refractivity contribution in [3.63, 3.8) is 0 Å². The molecule has 20 heavy (non-hydrogen) atoms. The number of nitrogens with zero attached hydrogens (tertiary/aromatic N) is 3. The zero-order valence-corrected chi connectivity index (χ0v) is 13.9. The lowest BCUT2D eigenvalue weighted by molar-refractivity contribution is 0.172. The Morgan fingerprint density at radius 2 is 1.75 bits per heavy atom. The first-order valence-corrected chi connectivity index (χ1v) is 6.05. The Hall–Kier alpha value is -0.940. The summed E-state index contributed by atoms with van der Waals surface area (Å²) in [5.41, 5.74) is 2.47. The van der Waals surface area contributed by atoms with Gasteiger partial charge < -0.3 is 10.1 Å². The van der Waals surface area contributed by atoms with Crippen molar-refractivity contribution in [3.05, 3.63) is 40.7 Å². The molecule has 0 bridgehead atoms. The normalized spacial score (nSPS) is 10.1. The molecule has 0 amide bonds. The van der Waals surface area contributed by atoms with E-state index >= 15 is 0 Å². The highest BCUT2D eigenvalue weighted by atomic mass is 35.5. The van der Waals surface area contributed by atoms with Gasteiger partial charge in [0, 0.05) is 17.1 Å². The lowest BCUT2D eigenvalue weighted by Crippen LogP contribution is -2.14. The van der Waals surface area contributed by atoms with E-state index < -0.39 is 0 Å². The maximum Gasteiger partial charge on any atom is 0.175 e. The van der Waals surface area contributed by atoms with Crippen LogP contribution in [0.4, 0.5) is 0 Å². The first-order valence-electron chi connectivity index (χ1n) is 5.67. The first kappa shape index (κ1) is 19.1. The van der Waals surface area contributed by atoms with Crippen LogP contribution in [0.15, 0.2) is 24.3 Å². The second-order valence-corrected chi connectivity index (χ2v) is 4.96. The predicted octanol–water partition coefficient (Wildman–Crippen LogP) is 3.65. The molecule has 0 atom stereocenters. The molecule has 2 aromatic rings. The lowest BCUT2D eigenvalue weighted by atomic mass is 10.2. The molecule has 1 aromatic carbocycles. The summed E-state index contributed by atoms with van der Waals surface area (Å²) in [6.45, 7) is 2.54. The van der Waals surface area contributed by atoms with Gasteiger partial charge in [0.25, 0.3) is 0 Å². The van der Waals surface area contributed by atoms with Crippen LogP contribution in [-0.4, -0.2) is 33.9 Å². The van der Waals surface area contributed by atoms with Gasteiger partial charge in [-0.15, -0.1) is 24.8 Å². The number of aryl methyl sites for hydroxylation is 1. The van der Waals surface area contributed by atoms with Gasteiger partial charge in [-0.05, 0) is 45.3 Å². The third-order valence-electron chi connectivity index (χ3n) is 2.72. The Bertz CT molecular complexity index is 553. The second-order valence-electron chi connectivity index (χ2n) is 4.52. The van der Waals surface area contributed by atoms with Gasteiger partial charge in [-0.2, -0.15) is 4.73 Å². The summed E-state index contributed by atoms with van der Waals surface area (Å²) in [6.07, 6.45) is 0. The maximum absolute atomic E-state index is 10.2. The molecule has 0 saturated carbocycles. The van der Waals surface area contributed by atoms with Crippen molar-refractivity contribution in [2.24, 2.45) is 0 Å². The average Bonchev–Trinajstić information content (AvgIpc) is 2.58. The molecule has 0 fully saturated rings. The number of benzene rings is 1. The Morgan fingerprint density at radius 1 is 1.20 bits per heavy atom. The van der Waals surface area contributed by atoms with Gasteiger partial charge in [-0.25, -0.2) is 4.98 Å². The lowest BCUT2D eigenvalue weighted by Gasteiger charge is -2.10. The van der Waals surface area contributed by atoms with Crippen molar-refractivity contribution in [1.82, 2.24) is 14.6 Å². The van der Waals surface area contributed by atoms with Gasteiger partial charge in [0.15, 0.2) is 5.82 Å². The molecule has 1 N–H and O–H groups in total. The third-order valence-corrected chi connectivity index (χ3v) is 2.97. The van der Waals surface area contributed by atoms with Gasteiger partial charge in [-0.1, -0.05) is 11.6 Å². The molecule has 0 saturated heterocycles. The fourth-order valence-corrected chi connectivity index (χ4v) is 1.94. The summed E-state index contributed by atoms with van der Waals surface area (Å²) in [4.78, 5) is 6.39. The van der Waals surface area contributed by atoms with E-state index in [1.807, 2.05) is 38.1 Å². The minimum absolute atomic E-state index is 0. The van der Waals surface area contributed by atoms with Crippen molar-refractivity contribution < 1.29 is 5.21 Å². The molecule has 4 nitrogen and oxygen atoms in total. The molecule has 0 aliphatic heterocycles. The van der Waals surface area contributed by atoms with Gasteiger partial charge in [0.05, 0.1) is 11.4 Å². The highest BCUT2D eigenvalue weighted by Crippen LogP contribution is 2.23. The average molecular weight is 339 g/mol. The molecular formula is C13H18Cl3N3O. The van der Waals surface area contributed by atoms with Crippen LogP contribution < -0.4 is 0 Å². The molecule has 0 aliphatic rings.